The van der Waals surface area contributed by atoms with Crippen molar-refractivity contribution in [1.29, 1.82) is 0 Å². The van der Waals surface area contributed by atoms with Gasteiger partial charge in [-0.1, -0.05) is 37.1 Å². The third-order valence-electron chi connectivity index (χ3n) is 5.37. The maximum absolute atomic E-state index is 4.61. The Morgan fingerprint density at radius 1 is 0.667 bits per heavy atom. The molecule has 2 aromatic heterocycles. The van der Waals surface area contributed by atoms with E-state index in [1.54, 1.807) is 0 Å². The van der Waals surface area contributed by atoms with E-state index in [0.29, 0.717) is 12.1 Å². The summed E-state index contributed by atoms with van der Waals surface area (Å²) < 4.78 is 4.77. The van der Waals surface area contributed by atoms with Crippen LogP contribution in [0.25, 0.3) is 22.1 Å². The number of rotatable bonds is 2. The quantitative estimate of drug-likeness (QED) is 0.535. The van der Waals surface area contributed by atoms with Gasteiger partial charge in [0.15, 0.2) is 0 Å². The second kappa shape index (κ2) is 5.48. The van der Waals surface area contributed by atoms with Gasteiger partial charge in [0.05, 0.1) is 46.8 Å². The minimum absolute atomic E-state index is 0.434. The Kier molecular flexibility index (Phi) is 3.15. The van der Waals surface area contributed by atoms with Gasteiger partial charge in [0.1, 0.15) is 0 Å². The number of benzene rings is 2. The van der Waals surface area contributed by atoms with Crippen LogP contribution in [-0.4, -0.2) is 19.1 Å². The van der Waals surface area contributed by atoms with Crippen LogP contribution >= 0.6 is 0 Å². The molecule has 24 heavy (non-hydrogen) atoms. The van der Waals surface area contributed by atoms with Crippen LogP contribution in [0.4, 0.5) is 0 Å². The topological polar surface area (TPSA) is 35.6 Å². The lowest BCUT2D eigenvalue weighted by Gasteiger charge is -2.34. The SMILES string of the molecule is c1ccc2c(c1)ncn2[C@@H]1CCCC[C@H]1n1cnc2ccccc21. The predicted molar refractivity (Wildman–Crippen MR) is 96.0 cm³/mol. The van der Waals surface area contributed by atoms with Crippen LogP contribution in [0.15, 0.2) is 61.2 Å². The molecule has 1 aliphatic carbocycles. The van der Waals surface area contributed by atoms with Crippen LogP contribution in [-0.2, 0) is 0 Å². The van der Waals surface area contributed by atoms with E-state index in [0.717, 1.165) is 11.0 Å². The van der Waals surface area contributed by atoms with Gasteiger partial charge in [-0.15, -0.1) is 0 Å². The second-order valence-corrected chi connectivity index (χ2v) is 6.70. The zero-order chi connectivity index (χ0) is 15.9. The van der Waals surface area contributed by atoms with Crippen molar-refractivity contribution < 1.29 is 0 Å². The highest BCUT2D eigenvalue weighted by Gasteiger charge is 2.29. The van der Waals surface area contributed by atoms with Crippen molar-refractivity contribution in [3.05, 3.63) is 61.2 Å². The summed E-state index contributed by atoms with van der Waals surface area (Å²) in [7, 11) is 0. The lowest BCUT2D eigenvalue weighted by atomic mass is 9.89. The number of fused-ring (bicyclic) bond motifs is 2. The Balaban J connectivity index is 1.64. The number of nitrogens with zero attached hydrogens (tertiary/aromatic N) is 4. The molecule has 1 saturated carbocycles. The third-order valence-corrected chi connectivity index (χ3v) is 5.37. The first-order chi connectivity index (χ1) is 11.9. The Bertz CT molecular complexity index is 915. The molecule has 0 radical (unpaired) electrons. The van der Waals surface area contributed by atoms with Gasteiger partial charge >= 0.3 is 0 Å². The minimum Gasteiger partial charge on any atom is -0.325 e. The van der Waals surface area contributed by atoms with Gasteiger partial charge in [0.2, 0.25) is 0 Å². The van der Waals surface area contributed by atoms with Crippen molar-refractivity contribution in [2.24, 2.45) is 0 Å². The standard InChI is InChI=1S/C20H20N4/c1-3-9-17-15(7-1)21-13-23(17)19-11-5-6-12-20(19)24-14-22-16-8-2-4-10-18(16)24/h1-4,7-10,13-14,19-20H,5-6,11-12H2/t19-,20-/m1/s1. The number of para-hydroxylation sites is 4. The van der Waals surface area contributed by atoms with Gasteiger partial charge in [-0.3, -0.25) is 0 Å². The first kappa shape index (κ1) is 13.8. The molecule has 0 aliphatic heterocycles. The fourth-order valence-corrected chi connectivity index (χ4v) is 4.23. The van der Waals surface area contributed by atoms with E-state index in [1.807, 2.05) is 12.7 Å². The van der Waals surface area contributed by atoms with Crippen LogP contribution in [0.5, 0.6) is 0 Å². The van der Waals surface area contributed by atoms with Gasteiger partial charge in [0, 0.05) is 0 Å². The van der Waals surface area contributed by atoms with E-state index in [9.17, 15) is 0 Å². The molecule has 0 unspecified atom stereocenters. The highest BCUT2D eigenvalue weighted by molar-refractivity contribution is 5.76. The summed E-state index contributed by atoms with van der Waals surface area (Å²) in [6, 6.07) is 17.7. The molecular weight excluding hydrogens is 296 g/mol. The predicted octanol–water partition coefficient (Wildman–Crippen LogP) is 4.74. The average molecular weight is 316 g/mol. The third kappa shape index (κ3) is 2.06. The molecule has 4 heteroatoms. The number of hydrogen-bond acceptors (Lipinski definition) is 2. The summed E-state index contributed by atoms with van der Waals surface area (Å²) in [4.78, 5) is 9.22. The largest absolute Gasteiger partial charge is 0.325 e. The molecule has 0 saturated heterocycles. The number of aromatic nitrogens is 4. The molecule has 0 spiro atoms. The molecule has 2 aromatic carbocycles. The normalized spacial score (nSPS) is 21.5. The van der Waals surface area contributed by atoms with Crippen molar-refractivity contribution in [1.82, 2.24) is 19.1 Å². The highest BCUT2D eigenvalue weighted by atomic mass is 15.2. The zero-order valence-electron chi connectivity index (χ0n) is 13.5. The maximum Gasteiger partial charge on any atom is 0.0961 e. The summed E-state index contributed by atoms with van der Waals surface area (Å²) in [6.45, 7) is 0. The molecule has 4 nitrogen and oxygen atoms in total. The first-order valence-corrected chi connectivity index (χ1v) is 8.75. The van der Waals surface area contributed by atoms with Gasteiger partial charge < -0.3 is 9.13 Å². The molecule has 0 bridgehead atoms. The molecule has 1 aliphatic rings. The summed E-state index contributed by atoms with van der Waals surface area (Å²) in [6.07, 6.45) is 8.98. The van der Waals surface area contributed by atoms with E-state index in [2.05, 4.69) is 67.6 Å². The summed E-state index contributed by atoms with van der Waals surface area (Å²) in [5, 5.41) is 0. The number of imidazole rings is 2. The summed E-state index contributed by atoms with van der Waals surface area (Å²) in [5.74, 6) is 0. The molecule has 2 atom stereocenters. The first-order valence-electron chi connectivity index (χ1n) is 8.75. The van der Waals surface area contributed by atoms with Gasteiger partial charge in [-0.2, -0.15) is 0 Å². The van der Waals surface area contributed by atoms with Gasteiger partial charge in [0.25, 0.3) is 0 Å². The van der Waals surface area contributed by atoms with Crippen LogP contribution < -0.4 is 0 Å². The van der Waals surface area contributed by atoms with Crippen molar-refractivity contribution in [3.63, 3.8) is 0 Å². The molecule has 4 aromatic rings. The van der Waals surface area contributed by atoms with E-state index in [-0.39, 0.29) is 0 Å². The highest BCUT2D eigenvalue weighted by Crippen LogP contribution is 2.40. The summed E-state index contributed by atoms with van der Waals surface area (Å²) >= 11 is 0. The molecule has 5 rings (SSSR count). The fraction of sp³-hybridized carbons (Fsp3) is 0.300. The average Bonchev–Trinajstić information content (AvgIpc) is 3.26. The van der Waals surface area contributed by atoms with Crippen molar-refractivity contribution in [3.8, 4) is 0 Å². The Labute approximate surface area is 140 Å². The molecule has 2 heterocycles. The second-order valence-electron chi connectivity index (χ2n) is 6.70. The molecular formula is C20H20N4. The molecule has 1 fully saturated rings. The summed E-state index contributed by atoms with van der Waals surface area (Å²) in [5.41, 5.74) is 4.63. The Morgan fingerprint density at radius 2 is 1.12 bits per heavy atom. The van der Waals surface area contributed by atoms with Crippen LogP contribution in [0.1, 0.15) is 37.8 Å². The van der Waals surface area contributed by atoms with E-state index in [4.69, 9.17) is 0 Å². The zero-order valence-corrected chi connectivity index (χ0v) is 13.5. The van der Waals surface area contributed by atoms with E-state index in [1.165, 1.54) is 36.7 Å². The molecule has 120 valence electrons. The minimum atomic E-state index is 0.434. The van der Waals surface area contributed by atoms with Crippen molar-refractivity contribution in [2.75, 3.05) is 0 Å². The van der Waals surface area contributed by atoms with Gasteiger partial charge in [-0.05, 0) is 37.1 Å². The van der Waals surface area contributed by atoms with Crippen LogP contribution in [0.2, 0.25) is 0 Å². The lowest BCUT2D eigenvalue weighted by Crippen LogP contribution is -2.25. The molecule has 0 N–H and O–H groups in total. The Morgan fingerprint density at radius 3 is 1.62 bits per heavy atom. The lowest BCUT2D eigenvalue weighted by molar-refractivity contribution is 0.249. The number of hydrogen-bond donors (Lipinski definition) is 0. The smallest absolute Gasteiger partial charge is 0.0961 e. The van der Waals surface area contributed by atoms with Crippen molar-refractivity contribution >= 4 is 22.1 Å². The maximum atomic E-state index is 4.61. The Hall–Kier alpha value is -2.62. The molecule has 0 amide bonds. The van der Waals surface area contributed by atoms with Crippen LogP contribution in [0, 0.1) is 0 Å². The monoisotopic (exact) mass is 316 g/mol. The van der Waals surface area contributed by atoms with Crippen molar-refractivity contribution in [2.45, 2.75) is 37.8 Å². The van der Waals surface area contributed by atoms with Gasteiger partial charge in [-0.25, -0.2) is 9.97 Å². The fourth-order valence-electron chi connectivity index (χ4n) is 4.23. The van der Waals surface area contributed by atoms with Crippen LogP contribution in [0.3, 0.4) is 0 Å². The van der Waals surface area contributed by atoms with E-state index >= 15 is 0 Å². The van der Waals surface area contributed by atoms with E-state index < -0.39 is 0 Å².